The molecule has 1 aliphatic rings. The van der Waals surface area contributed by atoms with Crippen molar-refractivity contribution in [2.45, 2.75) is 52.5 Å². The van der Waals surface area contributed by atoms with Crippen LogP contribution in [0.1, 0.15) is 51.2 Å². The number of aromatic nitrogens is 1. The standard InChI is InChI=1S/C16H29N3S/c1-5-19(10-13-7-6-8-17-9-13)11-15-18-14(12-20-15)16(2,3)4/h12-13,17H,5-11H2,1-4H3. The van der Waals surface area contributed by atoms with Crippen LogP contribution in [-0.2, 0) is 12.0 Å². The van der Waals surface area contributed by atoms with E-state index in [0.717, 1.165) is 19.0 Å². The highest BCUT2D eigenvalue weighted by molar-refractivity contribution is 7.09. The molecule has 0 aliphatic carbocycles. The molecule has 3 nitrogen and oxygen atoms in total. The second-order valence-electron chi connectivity index (χ2n) is 6.92. The van der Waals surface area contributed by atoms with Gasteiger partial charge >= 0.3 is 0 Å². The Morgan fingerprint density at radius 2 is 2.25 bits per heavy atom. The summed E-state index contributed by atoms with van der Waals surface area (Å²) in [6.07, 6.45) is 2.70. The number of piperidine rings is 1. The predicted octanol–water partition coefficient (Wildman–Crippen LogP) is 3.26. The largest absolute Gasteiger partial charge is 0.316 e. The summed E-state index contributed by atoms with van der Waals surface area (Å²) in [5.41, 5.74) is 1.40. The minimum atomic E-state index is 0.166. The van der Waals surface area contributed by atoms with E-state index >= 15 is 0 Å². The Morgan fingerprint density at radius 3 is 2.80 bits per heavy atom. The van der Waals surface area contributed by atoms with Crippen LogP contribution < -0.4 is 5.32 Å². The molecule has 2 heterocycles. The van der Waals surface area contributed by atoms with E-state index in [2.05, 4.69) is 43.3 Å². The van der Waals surface area contributed by atoms with Crippen molar-refractivity contribution < 1.29 is 0 Å². The zero-order valence-electron chi connectivity index (χ0n) is 13.4. The van der Waals surface area contributed by atoms with Gasteiger partial charge in [0.05, 0.1) is 12.2 Å². The molecular weight excluding hydrogens is 266 g/mol. The fourth-order valence-electron chi connectivity index (χ4n) is 2.67. The first kappa shape index (κ1) is 15.9. The molecular formula is C16H29N3S. The molecule has 1 unspecified atom stereocenters. The lowest BCUT2D eigenvalue weighted by atomic mass is 9.93. The van der Waals surface area contributed by atoms with Crippen LogP contribution in [-0.4, -0.2) is 36.1 Å². The second kappa shape index (κ2) is 7.01. The van der Waals surface area contributed by atoms with Gasteiger partial charge in [-0.1, -0.05) is 27.7 Å². The van der Waals surface area contributed by atoms with Crippen molar-refractivity contribution in [3.05, 3.63) is 16.1 Å². The van der Waals surface area contributed by atoms with E-state index in [0.29, 0.717) is 0 Å². The Labute approximate surface area is 127 Å². The number of nitrogens with one attached hydrogen (secondary N) is 1. The SMILES string of the molecule is CCN(Cc1nc(C(C)(C)C)cs1)CC1CCCNC1. The summed E-state index contributed by atoms with van der Waals surface area (Å²) >= 11 is 1.81. The van der Waals surface area contributed by atoms with Gasteiger partial charge in [-0.15, -0.1) is 11.3 Å². The molecule has 1 aromatic heterocycles. The van der Waals surface area contributed by atoms with Crippen LogP contribution in [0.3, 0.4) is 0 Å². The minimum absolute atomic E-state index is 0.166. The highest BCUT2D eigenvalue weighted by atomic mass is 32.1. The van der Waals surface area contributed by atoms with Crippen LogP contribution in [0.5, 0.6) is 0 Å². The van der Waals surface area contributed by atoms with Crippen molar-refractivity contribution in [3.63, 3.8) is 0 Å². The quantitative estimate of drug-likeness (QED) is 0.903. The smallest absolute Gasteiger partial charge is 0.107 e. The monoisotopic (exact) mass is 295 g/mol. The van der Waals surface area contributed by atoms with Gasteiger partial charge < -0.3 is 5.32 Å². The lowest BCUT2D eigenvalue weighted by Gasteiger charge is -2.28. The van der Waals surface area contributed by atoms with Gasteiger partial charge in [-0.2, -0.15) is 0 Å². The van der Waals surface area contributed by atoms with Crippen LogP contribution in [0.2, 0.25) is 0 Å². The van der Waals surface area contributed by atoms with Crippen molar-refractivity contribution in [1.29, 1.82) is 0 Å². The molecule has 1 N–H and O–H groups in total. The van der Waals surface area contributed by atoms with Gasteiger partial charge in [0.15, 0.2) is 0 Å². The van der Waals surface area contributed by atoms with Gasteiger partial charge in [-0.05, 0) is 38.4 Å². The molecule has 1 atom stereocenters. The molecule has 2 rings (SSSR count). The Bertz CT molecular complexity index is 402. The normalized spacial score (nSPS) is 20.6. The molecule has 0 spiro atoms. The first-order chi connectivity index (χ1) is 9.49. The van der Waals surface area contributed by atoms with Gasteiger partial charge in [0.2, 0.25) is 0 Å². The maximum Gasteiger partial charge on any atom is 0.107 e. The van der Waals surface area contributed by atoms with E-state index in [1.54, 1.807) is 0 Å². The Hall–Kier alpha value is -0.450. The van der Waals surface area contributed by atoms with Crippen molar-refractivity contribution in [1.82, 2.24) is 15.2 Å². The first-order valence-corrected chi connectivity index (χ1v) is 8.75. The summed E-state index contributed by atoms with van der Waals surface area (Å²) in [5.74, 6) is 0.811. The van der Waals surface area contributed by atoms with Gasteiger partial charge in [0, 0.05) is 17.3 Å². The molecule has 1 aromatic rings. The summed E-state index contributed by atoms with van der Waals surface area (Å²) < 4.78 is 0. The van der Waals surface area contributed by atoms with E-state index in [1.165, 1.54) is 43.2 Å². The number of thiazole rings is 1. The molecule has 4 heteroatoms. The van der Waals surface area contributed by atoms with Gasteiger partial charge in [-0.3, -0.25) is 4.90 Å². The van der Waals surface area contributed by atoms with Crippen molar-refractivity contribution in [2.75, 3.05) is 26.2 Å². The van der Waals surface area contributed by atoms with Gasteiger partial charge in [-0.25, -0.2) is 4.98 Å². The maximum atomic E-state index is 4.82. The third kappa shape index (κ3) is 4.54. The highest BCUT2D eigenvalue weighted by Crippen LogP contribution is 2.24. The average molecular weight is 295 g/mol. The van der Waals surface area contributed by atoms with Crippen molar-refractivity contribution in [3.8, 4) is 0 Å². The van der Waals surface area contributed by atoms with Crippen LogP contribution in [0.15, 0.2) is 5.38 Å². The van der Waals surface area contributed by atoms with E-state index < -0.39 is 0 Å². The summed E-state index contributed by atoms with van der Waals surface area (Å²) in [6, 6.07) is 0. The van der Waals surface area contributed by atoms with E-state index in [9.17, 15) is 0 Å². The maximum absolute atomic E-state index is 4.82. The van der Waals surface area contributed by atoms with Crippen molar-refractivity contribution >= 4 is 11.3 Å². The summed E-state index contributed by atoms with van der Waals surface area (Å²) in [4.78, 5) is 7.37. The van der Waals surface area contributed by atoms with Crippen LogP contribution in [0.25, 0.3) is 0 Å². The third-order valence-corrected chi connectivity index (χ3v) is 4.88. The van der Waals surface area contributed by atoms with Gasteiger partial charge in [0.25, 0.3) is 0 Å². The number of hydrogen-bond donors (Lipinski definition) is 1. The number of rotatable bonds is 5. The topological polar surface area (TPSA) is 28.2 Å². The zero-order valence-corrected chi connectivity index (χ0v) is 14.2. The summed E-state index contributed by atoms with van der Waals surface area (Å²) in [7, 11) is 0. The highest BCUT2D eigenvalue weighted by Gasteiger charge is 2.20. The Kier molecular flexibility index (Phi) is 5.58. The summed E-state index contributed by atoms with van der Waals surface area (Å²) in [6.45, 7) is 14.7. The fraction of sp³-hybridized carbons (Fsp3) is 0.812. The third-order valence-electron chi connectivity index (χ3n) is 4.04. The molecule has 114 valence electrons. The molecule has 0 amide bonds. The number of nitrogens with zero attached hydrogens (tertiary/aromatic N) is 2. The Balaban J connectivity index is 1.90. The lowest BCUT2D eigenvalue weighted by Crippen LogP contribution is -2.38. The Morgan fingerprint density at radius 1 is 1.45 bits per heavy atom. The first-order valence-electron chi connectivity index (χ1n) is 7.87. The van der Waals surface area contributed by atoms with E-state index in [1.807, 2.05) is 11.3 Å². The molecule has 0 saturated carbocycles. The molecule has 20 heavy (non-hydrogen) atoms. The van der Waals surface area contributed by atoms with Crippen LogP contribution >= 0.6 is 11.3 Å². The van der Waals surface area contributed by atoms with E-state index in [-0.39, 0.29) is 5.41 Å². The van der Waals surface area contributed by atoms with E-state index in [4.69, 9.17) is 4.98 Å². The molecule has 0 radical (unpaired) electrons. The lowest BCUT2D eigenvalue weighted by molar-refractivity contribution is 0.209. The number of hydrogen-bond acceptors (Lipinski definition) is 4. The van der Waals surface area contributed by atoms with Crippen LogP contribution in [0.4, 0.5) is 0 Å². The molecule has 1 fully saturated rings. The molecule has 0 aromatic carbocycles. The van der Waals surface area contributed by atoms with Crippen LogP contribution in [0, 0.1) is 5.92 Å². The van der Waals surface area contributed by atoms with Crippen molar-refractivity contribution in [2.24, 2.45) is 5.92 Å². The molecule has 1 saturated heterocycles. The predicted molar refractivity (Wildman–Crippen MR) is 87.4 cm³/mol. The molecule has 0 bridgehead atoms. The fourth-order valence-corrected chi connectivity index (χ4v) is 3.73. The molecule has 1 aliphatic heterocycles. The minimum Gasteiger partial charge on any atom is -0.316 e. The average Bonchev–Trinajstić information content (AvgIpc) is 2.87. The zero-order chi connectivity index (χ0) is 14.6. The summed E-state index contributed by atoms with van der Waals surface area (Å²) in [5, 5.41) is 7.00. The van der Waals surface area contributed by atoms with Gasteiger partial charge in [0.1, 0.15) is 5.01 Å². The second-order valence-corrected chi connectivity index (χ2v) is 7.86.